The lowest BCUT2D eigenvalue weighted by Crippen LogP contribution is -2.25. The number of aromatic nitrogens is 1. The van der Waals surface area contributed by atoms with Crippen molar-refractivity contribution in [1.82, 2.24) is 4.98 Å². The van der Waals surface area contributed by atoms with Gasteiger partial charge in [-0.25, -0.2) is 4.98 Å². The molecule has 1 aliphatic rings. The molecule has 1 aliphatic heterocycles. The van der Waals surface area contributed by atoms with E-state index < -0.39 is 11.7 Å². The molecule has 2 heterocycles. The molecule has 3 rings (SSSR count). The van der Waals surface area contributed by atoms with Crippen molar-refractivity contribution in [3.8, 4) is 5.88 Å². The van der Waals surface area contributed by atoms with Crippen LogP contribution in [0, 0.1) is 6.92 Å². The van der Waals surface area contributed by atoms with E-state index in [4.69, 9.17) is 4.74 Å². The number of anilines is 1. The fourth-order valence-electron chi connectivity index (χ4n) is 2.75. The second kappa shape index (κ2) is 6.10. The largest absolute Gasteiger partial charge is 0.472 e. The van der Waals surface area contributed by atoms with Gasteiger partial charge in [-0.05, 0) is 24.6 Å². The first-order valence-electron chi connectivity index (χ1n) is 7.44. The lowest BCUT2D eigenvalue weighted by atomic mass is 10.2. The maximum atomic E-state index is 12.5. The van der Waals surface area contributed by atoms with Gasteiger partial charge >= 0.3 is 6.18 Å². The number of halogens is 3. The Balaban J connectivity index is 1.63. The highest BCUT2D eigenvalue weighted by Crippen LogP contribution is 2.30. The van der Waals surface area contributed by atoms with Crippen LogP contribution in [-0.4, -0.2) is 24.2 Å². The summed E-state index contributed by atoms with van der Waals surface area (Å²) in [5.74, 6) is 0.231. The van der Waals surface area contributed by atoms with Gasteiger partial charge in [0.15, 0.2) is 0 Å². The number of hydrogen-bond acceptors (Lipinski definition) is 3. The van der Waals surface area contributed by atoms with Crippen molar-refractivity contribution in [1.29, 1.82) is 0 Å². The minimum atomic E-state index is -4.37. The van der Waals surface area contributed by atoms with Crippen LogP contribution in [0.5, 0.6) is 5.88 Å². The number of pyridine rings is 1. The highest BCUT2D eigenvalue weighted by Gasteiger charge is 2.31. The predicted octanol–water partition coefficient (Wildman–Crippen LogP) is 4.07. The lowest BCUT2D eigenvalue weighted by molar-refractivity contribution is -0.137. The van der Waals surface area contributed by atoms with Crippen molar-refractivity contribution < 1.29 is 17.9 Å². The summed E-state index contributed by atoms with van der Waals surface area (Å²) in [6.07, 6.45) is -2.82. The first kappa shape index (κ1) is 15.6. The quantitative estimate of drug-likeness (QED) is 0.852. The number of para-hydroxylation sites is 1. The molecule has 3 nitrogen and oxygen atoms in total. The Bertz CT molecular complexity index is 670. The Hall–Kier alpha value is -2.24. The van der Waals surface area contributed by atoms with Crippen molar-refractivity contribution in [2.45, 2.75) is 25.6 Å². The van der Waals surface area contributed by atoms with Crippen molar-refractivity contribution in [2.75, 3.05) is 18.0 Å². The number of hydrogen-bond donors (Lipinski definition) is 0. The third kappa shape index (κ3) is 3.57. The Morgan fingerprint density at radius 3 is 2.61 bits per heavy atom. The van der Waals surface area contributed by atoms with E-state index in [1.54, 1.807) is 0 Å². The zero-order valence-corrected chi connectivity index (χ0v) is 12.7. The summed E-state index contributed by atoms with van der Waals surface area (Å²) in [6.45, 7) is 3.62. The molecule has 0 radical (unpaired) electrons. The lowest BCUT2D eigenvalue weighted by Gasteiger charge is -2.20. The molecular formula is C17H17F3N2O. The molecule has 6 heteroatoms. The molecule has 0 saturated carbocycles. The van der Waals surface area contributed by atoms with Crippen molar-refractivity contribution in [3.63, 3.8) is 0 Å². The Kier molecular flexibility index (Phi) is 4.15. The Labute approximate surface area is 132 Å². The summed E-state index contributed by atoms with van der Waals surface area (Å²) in [5, 5.41) is 0. The van der Waals surface area contributed by atoms with E-state index in [-0.39, 0.29) is 12.0 Å². The van der Waals surface area contributed by atoms with Crippen LogP contribution in [0.4, 0.5) is 18.9 Å². The van der Waals surface area contributed by atoms with Crippen LogP contribution in [0.15, 0.2) is 42.6 Å². The molecule has 0 bridgehead atoms. The number of nitrogens with zero attached hydrogens (tertiary/aromatic N) is 2. The van der Waals surface area contributed by atoms with Crippen molar-refractivity contribution >= 4 is 5.69 Å². The van der Waals surface area contributed by atoms with Crippen LogP contribution >= 0.6 is 0 Å². The van der Waals surface area contributed by atoms with E-state index in [2.05, 4.69) is 28.9 Å². The maximum absolute atomic E-state index is 12.5. The minimum absolute atomic E-state index is 0.0705. The standard InChI is InChI=1S/C17H17F3N2O/c1-12-4-2-3-5-15(12)22-9-8-14(11-22)23-16-7-6-13(10-21-16)17(18,19)20/h2-7,10,14H,8-9,11H2,1H3/t14-/m1/s1. The number of aryl methyl sites for hydroxylation is 1. The van der Waals surface area contributed by atoms with Gasteiger partial charge in [-0.15, -0.1) is 0 Å². The SMILES string of the molecule is Cc1ccccc1N1CC[C@@H](Oc2ccc(C(F)(F)F)cn2)C1. The topological polar surface area (TPSA) is 25.4 Å². The molecule has 23 heavy (non-hydrogen) atoms. The maximum Gasteiger partial charge on any atom is 0.417 e. The van der Waals surface area contributed by atoms with Crippen LogP contribution in [0.3, 0.4) is 0 Å². The Morgan fingerprint density at radius 1 is 1.17 bits per heavy atom. The molecule has 0 unspecified atom stereocenters. The normalized spacial score (nSPS) is 18.3. The third-order valence-electron chi connectivity index (χ3n) is 3.95. The van der Waals surface area contributed by atoms with E-state index in [9.17, 15) is 13.2 Å². The van der Waals surface area contributed by atoms with Gasteiger partial charge in [0.05, 0.1) is 12.1 Å². The van der Waals surface area contributed by atoms with Gasteiger partial charge in [0.25, 0.3) is 0 Å². The Morgan fingerprint density at radius 2 is 1.96 bits per heavy atom. The van der Waals surface area contributed by atoms with Gasteiger partial charge in [0, 0.05) is 30.9 Å². The zero-order chi connectivity index (χ0) is 16.4. The molecule has 1 aromatic carbocycles. The first-order valence-corrected chi connectivity index (χ1v) is 7.44. The average molecular weight is 322 g/mol. The summed E-state index contributed by atoms with van der Waals surface area (Å²) in [4.78, 5) is 5.99. The number of ether oxygens (including phenoxy) is 1. The highest BCUT2D eigenvalue weighted by atomic mass is 19.4. The number of rotatable bonds is 3. The summed E-state index contributed by atoms with van der Waals surface area (Å²) in [5.41, 5.74) is 1.59. The smallest absolute Gasteiger partial charge is 0.417 e. The van der Waals surface area contributed by atoms with Crippen LogP contribution in [0.2, 0.25) is 0 Å². The van der Waals surface area contributed by atoms with E-state index in [0.29, 0.717) is 6.54 Å². The molecular weight excluding hydrogens is 305 g/mol. The van der Waals surface area contributed by atoms with Crippen LogP contribution in [-0.2, 0) is 6.18 Å². The predicted molar refractivity (Wildman–Crippen MR) is 81.7 cm³/mol. The van der Waals surface area contributed by atoms with E-state index in [1.807, 2.05) is 12.1 Å². The number of benzene rings is 1. The van der Waals surface area contributed by atoms with Gasteiger partial charge in [-0.2, -0.15) is 13.2 Å². The van der Waals surface area contributed by atoms with Gasteiger partial charge < -0.3 is 9.64 Å². The molecule has 0 spiro atoms. The van der Waals surface area contributed by atoms with Crippen molar-refractivity contribution in [2.24, 2.45) is 0 Å². The van der Waals surface area contributed by atoms with E-state index in [1.165, 1.54) is 17.3 Å². The van der Waals surface area contributed by atoms with E-state index >= 15 is 0 Å². The fraction of sp³-hybridized carbons (Fsp3) is 0.353. The first-order chi connectivity index (χ1) is 10.9. The monoisotopic (exact) mass is 322 g/mol. The molecule has 2 aromatic rings. The summed E-state index contributed by atoms with van der Waals surface area (Å²) < 4.78 is 43.3. The van der Waals surface area contributed by atoms with Gasteiger partial charge in [0.2, 0.25) is 5.88 Å². The molecule has 1 aromatic heterocycles. The molecule has 0 N–H and O–H groups in total. The number of alkyl halides is 3. The van der Waals surface area contributed by atoms with Gasteiger partial charge in [0.1, 0.15) is 6.10 Å². The van der Waals surface area contributed by atoms with E-state index in [0.717, 1.165) is 25.2 Å². The molecule has 1 saturated heterocycles. The third-order valence-corrected chi connectivity index (χ3v) is 3.95. The molecule has 0 aliphatic carbocycles. The van der Waals surface area contributed by atoms with Gasteiger partial charge in [-0.3, -0.25) is 0 Å². The molecule has 122 valence electrons. The van der Waals surface area contributed by atoms with Crippen LogP contribution in [0.25, 0.3) is 0 Å². The molecule has 1 atom stereocenters. The highest BCUT2D eigenvalue weighted by molar-refractivity contribution is 5.53. The molecule has 1 fully saturated rings. The fourth-order valence-corrected chi connectivity index (χ4v) is 2.75. The minimum Gasteiger partial charge on any atom is -0.472 e. The average Bonchev–Trinajstić information content (AvgIpc) is 2.95. The summed E-state index contributed by atoms with van der Waals surface area (Å²) in [7, 11) is 0. The molecule has 0 amide bonds. The van der Waals surface area contributed by atoms with Crippen LogP contribution < -0.4 is 9.64 Å². The second-order valence-corrected chi connectivity index (χ2v) is 5.64. The zero-order valence-electron chi connectivity index (χ0n) is 12.7. The van der Waals surface area contributed by atoms with Crippen molar-refractivity contribution in [3.05, 3.63) is 53.7 Å². The summed E-state index contributed by atoms with van der Waals surface area (Å²) in [6, 6.07) is 10.4. The summed E-state index contributed by atoms with van der Waals surface area (Å²) >= 11 is 0. The van der Waals surface area contributed by atoms with Crippen LogP contribution in [0.1, 0.15) is 17.5 Å². The van der Waals surface area contributed by atoms with Gasteiger partial charge in [-0.1, -0.05) is 18.2 Å². The second-order valence-electron chi connectivity index (χ2n) is 5.64.